The van der Waals surface area contributed by atoms with E-state index < -0.39 is 47.4 Å². The molecule has 0 aliphatic heterocycles. The Labute approximate surface area is 413 Å². The number of hydrogen-bond donors (Lipinski definition) is 6. The Morgan fingerprint density at radius 2 is 1.44 bits per heavy atom. The Morgan fingerprint density at radius 1 is 0.775 bits per heavy atom. The first-order valence-corrected chi connectivity index (χ1v) is 26.8. The van der Waals surface area contributed by atoms with Crippen LogP contribution >= 0.6 is 7.26 Å². The van der Waals surface area contributed by atoms with Crippen molar-refractivity contribution >= 4 is 74.1 Å². The maximum atomic E-state index is 14.5. The topological polar surface area (TPSA) is 218 Å². The van der Waals surface area contributed by atoms with Gasteiger partial charge >= 0.3 is 10.5 Å². The fourth-order valence-electron chi connectivity index (χ4n) is 8.65. The number of benzene rings is 4. The zero-order chi connectivity index (χ0) is 50.2. The lowest BCUT2D eigenvalue weighted by atomic mass is 9.92. The van der Waals surface area contributed by atoms with Crippen LogP contribution in [0.25, 0.3) is 10.9 Å². The Bertz CT molecular complexity index is 2930. The van der Waals surface area contributed by atoms with Gasteiger partial charge in [-0.3, -0.25) is 29.0 Å². The van der Waals surface area contributed by atoms with Crippen LogP contribution in [0.3, 0.4) is 0 Å². The van der Waals surface area contributed by atoms with Gasteiger partial charge < -0.3 is 35.8 Å². The van der Waals surface area contributed by atoms with Gasteiger partial charge in [-0.2, -0.15) is 8.42 Å². The van der Waals surface area contributed by atoms with Crippen LogP contribution in [0.15, 0.2) is 134 Å². The van der Waals surface area contributed by atoms with Crippen LogP contribution in [0, 0.1) is 12.3 Å². The van der Waals surface area contributed by atoms with Gasteiger partial charge in [0.2, 0.25) is 17.7 Å². The number of aromatic nitrogens is 2. The minimum absolute atomic E-state index is 0.0103. The highest BCUT2D eigenvalue weighted by molar-refractivity contribution is 7.95. The first-order valence-electron chi connectivity index (χ1n) is 23.5. The van der Waals surface area contributed by atoms with Crippen molar-refractivity contribution in [2.75, 3.05) is 19.3 Å². The van der Waals surface area contributed by atoms with Crippen LogP contribution in [0.5, 0.6) is 5.75 Å². The van der Waals surface area contributed by atoms with Gasteiger partial charge in [-0.15, -0.1) is 6.42 Å². The van der Waals surface area contributed by atoms with Gasteiger partial charge in [-0.1, -0.05) is 64.4 Å². The van der Waals surface area contributed by atoms with Gasteiger partial charge in [0.15, 0.2) is 5.75 Å². The molecule has 7 rings (SSSR count). The van der Waals surface area contributed by atoms with Crippen LogP contribution in [0.4, 0.5) is 3.89 Å². The predicted molar refractivity (Wildman–Crippen MR) is 273 cm³/mol. The smallest absolute Gasteiger partial charge is 0.361 e. The molecule has 2 aromatic heterocycles. The van der Waals surface area contributed by atoms with E-state index in [2.05, 4.69) is 70.9 Å². The summed E-state index contributed by atoms with van der Waals surface area (Å²) >= 11 is 0. The highest BCUT2D eigenvalue weighted by atomic mass is 32.3. The van der Waals surface area contributed by atoms with Crippen LogP contribution in [0.2, 0.25) is 0 Å². The summed E-state index contributed by atoms with van der Waals surface area (Å²) in [5.74, 6) is -0.180. The van der Waals surface area contributed by atoms with Gasteiger partial charge in [0.25, 0.3) is 11.8 Å². The summed E-state index contributed by atoms with van der Waals surface area (Å²) in [6.07, 6.45) is 14.2. The highest BCUT2D eigenvalue weighted by Gasteiger charge is 2.45. The standard InChI is InChI=1S/C53H55FN7O8PS/c1-2-29-56-50(63)37-25-27-44(28-26-37)70(42-17-5-3-6-18-42,43-19-7-4-8-20-43)31-14-24-49(62)60-47(23-11-12-30-57-51(64)39-32-41(36-55-34-39)69-71(54,67)68)52(65)61-48(53(66)59-40-15-13-16-40)33-38-35-58-46-22-10-9-21-45(38)46/h1,3-10,17-22,25-28,32,34-36,40,47-48,58H,11-16,23-24,29-31,33H2,(H4-,56,57,59,60,61,62,63,64,65,66)/p+1. The third kappa shape index (κ3) is 13.9. The second-order valence-electron chi connectivity index (χ2n) is 17.3. The molecule has 2 atom stereocenters. The van der Waals surface area contributed by atoms with Crippen molar-refractivity contribution < 1.29 is 40.5 Å². The molecule has 18 heteroatoms. The Morgan fingerprint density at radius 3 is 2.10 bits per heavy atom. The number of fused-ring (bicyclic) bond motifs is 1. The first-order chi connectivity index (χ1) is 34.3. The lowest BCUT2D eigenvalue weighted by Gasteiger charge is -2.30. The Kier molecular flexibility index (Phi) is 17.7. The molecule has 0 radical (unpaired) electrons. The third-order valence-corrected chi connectivity index (χ3v) is 17.3. The molecule has 1 saturated carbocycles. The second kappa shape index (κ2) is 24.4. The van der Waals surface area contributed by atoms with Crippen LogP contribution in [0.1, 0.15) is 77.6 Å². The maximum absolute atomic E-state index is 14.5. The number of nitrogens with one attached hydrogen (secondary N) is 6. The Hall–Kier alpha value is -7.41. The normalized spacial score (nSPS) is 13.4. The number of amides is 5. The van der Waals surface area contributed by atoms with E-state index in [1.54, 1.807) is 12.1 Å². The second-order valence-corrected chi connectivity index (χ2v) is 21.8. The number of aromatic amines is 1. The zero-order valence-corrected chi connectivity index (χ0v) is 40.7. The number of unbranched alkanes of at least 4 members (excludes halogenated alkanes) is 1. The van der Waals surface area contributed by atoms with Crippen molar-refractivity contribution in [2.24, 2.45) is 0 Å². The molecule has 0 bridgehead atoms. The summed E-state index contributed by atoms with van der Waals surface area (Å²) < 4.78 is 39.2. The predicted octanol–water partition coefficient (Wildman–Crippen LogP) is 5.07. The van der Waals surface area contributed by atoms with Crippen molar-refractivity contribution in [2.45, 2.75) is 75.9 Å². The van der Waals surface area contributed by atoms with E-state index >= 15 is 0 Å². The molecular weight excluding hydrogens is 945 g/mol. The van der Waals surface area contributed by atoms with Gasteiger partial charge in [0.1, 0.15) is 35.3 Å². The molecule has 71 heavy (non-hydrogen) atoms. The fourth-order valence-corrected chi connectivity index (χ4v) is 13.3. The maximum Gasteiger partial charge on any atom is 0.488 e. The van der Waals surface area contributed by atoms with Crippen molar-refractivity contribution in [3.05, 3.63) is 151 Å². The average molecular weight is 1000 g/mol. The van der Waals surface area contributed by atoms with E-state index in [9.17, 15) is 36.3 Å². The van der Waals surface area contributed by atoms with E-state index in [0.717, 1.165) is 63.9 Å². The van der Waals surface area contributed by atoms with Crippen molar-refractivity contribution in [1.82, 2.24) is 36.6 Å². The highest BCUT2D eigenvalue weighted by Crippen LogP contribution is 2.56. The number of nitrogens with zero attached hydrogens (tertiary/aromatic N) is 1. The van der Waals surface area contributed by atoms with E-state index in [1.807, 2.05) is 79.0 Å². The minimum atomic E-state index is -5.33. The number of carbonyl (C=O) groups is 5. The first kappa shape index (κ1) is 51.4. The number of pyridine rings is 1. The molecule has 2 heterocycles. The van der Waals surface area contributed by atoms with Crippen molar-refractivity contribution in [3.63, 3.8) is 0 Å². The summed E-state index contributed by atoms with van der Waals surface area (Å²) in [5.41, 5.74) is 2.13. The molecule has 6 aromatic rings. The molecule has 1 aliphatic carbocycles. The van der Waals surface area contributed by atoms with Gasteiger partial charge in [-0.05, 0) is 111 Å². The van der Waals surface area contributed by atoms with E-state index in [0.29, 0.717) is 31.0 Å². The lowest BCUT2D eigenvalue weighted by molar-refractivity contribution is -0.132. The van der Waals surface area contributed by atoms with Crippen LogP contribution in [-0.2, 0) is 31.3 Å². The summed E-state index contributed by atoms with van der Waals surface area (Å²) in [7, 11) is -7.78. The summed E-state index contributed by atoms with van der Waals surface area (Å²) in [5, 5.41) is 18.6. The number of carbonyl (C=O) groups excluding carboxylic acids is 5. The molecule has 6 N–H and O–H groups in total. The van der Waals surface area contributed by atoms with Gasteiger partial charge in [0, 0.05) is 54.3 Å². The number of para-hydroxylation sites is 1. The molecular formula is C53H56FN7O8PS+. The minimum Gasteiger partial charge on any atom is -0.361 e. The number of terminal acetylenes is 1. The number of halogens is 1. The van der Waals surface area contributed by atoms with Gasteiger partial charge in [-0.25, -0.2) is 0 Å². The SMILES string of the molecule is C#CCNC(=O)c1ccc([P+](CCCC(=O)NC(CCCCNC(=O)c2cncc(OS(=O)(=O)F)c2)C(=O)NC(Cc2c[nH]c3ccccc23)C(=O)NC2CCC2)(c2ccccc2)c2ccccc2)cc1. The van der Waals surface area contributed by atoms with E-state index in [4.69, 9.17) is 6.42 Å². The number of hydrogen-bond acceptors (Lipinski definition) is 9. The fraction of sp³-hybridized carbons (Fsp3) is 0.283. The van der Waals surface area contributed by atoms with Gasteiger partial charge in [0.05, 0.1) is 24.5 Å². The van der Waals surface area contributed by atoms with Crippen LogP contribution < -0.4 is 46.7 Å². The molecule has 2 unspecified atom stereocenters. The average Bonchev–Trinajstić information content (AvgIpc) is 3.77. The van der Waals surface area contributed by atoms with E-state index in [-0.39, 0.29) is 61.7 Å². The van der Waals surface area contributed by atoms with Crippen LogP contribution in [-0.4, -0.2) is 85.3 Å². The van der Waals surface area contributed by atoms with Crippen molar-refractivity contribution in [1.29, 1.82) is 0 Å². The summed E-state index contributed by atoms with van der Waals surface area (Å²) in [6, 6.07) is 34.4. The number of rotatable bonds is 24. The summed E-state index contributed by atoms with van der Waals surface area (Å²) in [4.78, 5) is 75.3. The lowest BCUT2D eigenvalue weighted by Crippen LogP contribution is -2.56. The molecule has 368 valence electrons. The molecule has 5 amide bonds. The molecule has 1 aliphatic rings. The molecule has 15 nitrogen and oxygen atoms in total. The molecule has 4 aromatic carbocycles. The molecule has 0 saturated heterocycles. The largest absolute Gasteiger partial charge is 0.488 e. The molecule has 0 spiro atoms. The quantitative estimate of drug-likeness (QED) is 0.0206. The number of H-pyrrole nitrogens is 1. The Balaban J connectivity index is 1.09. The summed E-state index contributed by atoms with van der Waals surface area (Å²) in [6.45, 7) is 0.227. The molecule has 1 fully saturated rings. The third-order valence-electron chi connectivity index (χ3n) is 12.4. The van der Waals surface area contributed by atoms with E-state index in [1.165, 1.54) is 6.20 Å². The monoisotopic (exact) mass is 1000 g/mol. The zero-order valence-electron chi connectivity index (χ0n) is 38.9. The van der Waals surface area contributed by atoms with Crippen molar-refractivity contribution in [3.8, 4) is 18.1 Å².